The van der Waals surface area contributed by atoms with Gasteiger partial charge < -0.3 is 5.11 Å². The number of carboxylic acid groups (broad SMARTS) is 1. The molecule has 0 spiro atoms. The van der Waals surface area contributed by atoms with E-state index in [0.717, 1.165) is 16.6 Å². The number of hydrogen-bond donors (Lipinski definition) is 1. The highest BCUT2D eigenvalue weighted by Crippen LogP contribution is 2.00. The van der Waals surface area contributed by atoms with Crippen LogP contribution in [0.3, 0.4) is 0 Å². The van der Waals surface area contributed by atoms with Crippen molar-refractivity contribution < 1.29 is 9.90 Å². The van der Waals surface area contributed by atoms with Gasteiger partial charge in [-0.2, -0.15) is 0 Å². The van der Waals surface area contributed by atoms with Gasteiger partial charge in [0.2, 0.25) is 0 Å². The molecule has 0 aromatic carbocycles. The molecular formula is C7H9NO2. The van der Waals surface area contributed by atoms with Gasteiger partial charge >= 0.3 is 6.09 Å². The van der Waals surface area contributed by atoms with Gasteiger partial charge in [0.15, 0.2) is 0 Å². The minimum absolute atomic E-state index is 0.875. The maximum Gasteiger partial charge on any atom is 0.415 e. The van der Waals surface area contributed by atoms with Gasteiger partial charge in [0.1, 0.15) is 0 Å². The molecule has 0 aliphatic heterocycles. The second-order valence-corrected chi connectivity index (χ2v) is 2.06. The lowest BCUT2D eigenvalue weighted by Gasteiger charge is -1.89. The normalized spacial score (nSPS) is 9.70. The standard InChI is InChI=1S/C7H9NO2/c1-2-6-3-4-8(5-6)7(9)10/h3-5H,2H2,1H3,(H,9,10). The Kier molecular flexibility index (Phi) is 1.76. The Hall–Kier alpha value is -1.25. The summed E-state index contributed by atoms with van der Waals surface area (Å²) >= 11 is 0. The lowest BCUT2D eigenvalue weighted by atomic mass is 10.3. The van der Waals surface area contributed by atoms with Gasteiger partial charge in [0.05, 0.1) is 0 Å². The number of hydrogen-bond acceptors (Lipinski definition) is 1. The van der Waals surface area contributed by atoms with Crippen molar-refractivity contribution in [2.75, 3.05) is 0 Å². The molecule has 0 atom stereocenters. The van der Waals surface area contributed by atoms with E-state index in [2.05, 4.69) is 0 Å². The zero-order valence-corrected chi connectivity index (χ0v) is 5.74. The van der Waals surface area contributed by atoms with E-state index in [1.54, 1.807) is 18.5 Å². The van der Waals surface area contributed by atoms with E-state index in [0.29, 0.717) is 0 Å². The van der Waals surface area contributed by atoms with Crippen LogP contribution in [0.4, 0.5) is 4.79 Å². The summed E-state index contributed by atoms with van der Waals surface area (Å²) in [5, 5.41) is 8.46. The molecule has 0 unspecified atom stereocenters. The summed E-state index contributed by atoms with van der Waals surface area (Å²) in [6, 6.07) is 1.80. The maximum atomic E-state index is 10.3. The van der Waals surface area contributed by atoms with Crippen LogP contribution >= 0.6 is 0 Å². The third-order valence-corrected chi connectivity index (χ3v) is 1.38. The Labute approximate surface area is 58.9 Å². The molecule has 0 aliphatic carbocycles. The molecule has 0 saturated heterocycles. The fourth-order valence-corrected chi connectivity index (χ4v) is 0.769. The van der Waals surface area contributed by atoms with Crippen LogP contribution in [0, 0.1) is 0 Å². The summed E-state index contributed by atoms with van der Waals surface area (Å²) in [6.07, 6.45) is 3.10. The lowest BCUT2D eigenvalue weighted by molar-refractivity contribution is 0.196. The molecule has 1 N–H and O–H groups in total. The molecule has 3 nitrogen and oxygen atoms in total. The fraction of sp³-hybridized carbons (Fsp3) is 0.286. The van der Waals surface area contributed by atoms with Gasteiger partial charge in [-0.1, -0.05) is 6.92 Å². The molecule has 0 aliphatic rings. The Morgan fingerprint density at radius 2 is 2.50 bits per heavy atom. The topological polar surface area (TPSA) is 42.2 Å². The third kappa shape index (κ3) is 1.18. The summed E-state index contributed by atoms with van der Waals surface area (Å²) in [6.45, 7) is 1.99. The van der Waals surface area contributed by atoms with Crippen LogP contribution in [0.25, 0.3) is 0 Å². The van der Waals surface area contributed by atoms with Gasteiger partial charge in [0.25, 0.3) is 0 Å². The zero-order valence-electron chi connectivity index (χ0n) is 5.74. The smallest absolute Gasteiger partial charge is 0.415 e. The first-order valence-electron chi connectivity index (χ1n) is 3.14. The van der Waals surface area contributed by atoms with Crippen molar-refractivity contribution in [2.45, 2.75) is 13.3 Å². The van der Waals surface area contributed by atoms with Crippen LogP contribution in [-0.2, 0) is 6.42 Å². The van der Waals surface area contributed by atoms with Crippen molar-refractivity contribution in [3.63, 3.8) is 0 Å². The molecule has 10 heavy (non-hydrogen) atoms. The fourth-order valence-electron chi connectivity index (χ4n) is 0.769. The molecule has 54 valence electrons. The van der Waals surface area contributed by atoms with Crippen LogP contribution in [0.1, 0.15) is 12.5 Å². The van der Waals surface area contributed by atoms with E-state index < -0.39 is 6.09 Å². The Morgan fingerprint density at radius 1 is 1.80 bits per heavy atom. The predicted octanol–water partition coefficient (Wildman–Crippen LogP) is 1.58. The van der Waals surface area contributed by atoms with Gasteiger partial charge in [-0.05, 0) is 18.1 Å². The predicted molar refractivity (Wildman–Crippen MR) is 37.2 cm³/mol. The highest BCUT2D eigenvalue weighted by atomic mass is 16.4. The number of carbonyl (C=O) groups is 1. The average molecular weight is 139 g/mol. The van der Waals surface area contributed by atoms with Crippen LogP contribution in [-0.4, -0.2) is 15.8 Å². The van der Waals surface area contributed by atoms with Crippen molar-refractivity contribution in [1.29, 1.82) is 0 Å². The molecule has 1 aromatic rings. The molecule has 3 heteroatoms. The summed E-state index contributed by atoms with van der Waals surface area (Å²) in [5.41, 5.74) is 1.04. The average Bonchev–Trinajstić information content (AvgIpc) is 2.34. The first-order valence-corrected chi connectivity index (χ1v) is 3.14. The lowest BCUT2D eigenvalue weighted by Crippen LogP contribution is -2.03. The van der Waals surface area contributed by atoms with E-state index in [1.807, 2.05) is 6.92 Å². The molecule has 1 aromatic heterocycles. The number of aryl methyl sites for hydroxylation is 1. The SMILES string of the molecule is CCc1ccn(C(=O)O)c1. The van der Waals surface area contributed by atoms with E-state index in [1.165, 1.54) is 0 Å². The number of aromatic nitrogens is 1. The molecule has 1 heterocycles. The molecule has 0 amide bonds. The van der Waals surface area contributed by atoms with Gasteiger partial charge in [-0.3, -0.25) is 4.57 Å². The van der Waals surface area contributed by atoms with Crippen molar-refractivity contribution in [1.82, 2.24) is 4.57 Å². The van der Waals surface area contributed by atoms with Gasteiger partial charge in [0, 0.05) is 12.4 Å². The van der Waals surface area contributed by atoms with E-state index >= 15 is 0 Å². The van der Waals surface area contributed by atoms with Crippen molar-refractivity contribution >= 4 is 6.09 Å². The number of rotatable bonds is 1. The summed E-state index contributed by atoms with van der Waals surface area (Å²) in [7, 11) is 0. The minimum Gasteiger partial charge on any atom is -0.464 e. The first kappa shape index (κ1) is 6.86. The molecule has 1 rings (SSSR count). The molecule has 0 radical (unpaired) electrons. The largest absolute Gasteiger partial charge is 0.464 e. The van der Waals surface area contributed by atoms with Crippen molar-refractivity contribution in [3.05, 3.63) is 24.0 Å². The van der Waals surface area contributed by atoms with E-state index in [4.69, 9.17) is 5.11 Å². The van der Waals surface area contributed by atoms with Crippen LogP contribution < -0.4 is 0 Å². The second-order valence-electron chi connectivity index (χ2n) is 2.06. The molecule has 0 bridgehead atoms. The quantitative estimate of drug-likeness (QED) is 0.641. The summed E-state index contributed by atoms with van der Waals surface area (Å²) in [5.74, 6) is 0. The van der Waals surface area contributed by atoms with Crippen LogP contribution in [0.5, 0.6) is 0 Å². The van der Waals surface area contributed by atoms with E-state index in [-0.39, 0.29) is 0 Å². The Morgan fingerprint density at radius 3 is 2.80 bits per heavy atom. The highest BCUT2D eigenvalue weighted by molar-refractivity contribution is 5.68. The second kappa shape index (κ2) is 2.56. The molecule has 0 saturated carbocycles. The van der Waals surface area contributed by atoms with Crippen LogP contribution in [0.2, 0.25) is 0 Å². The van der Waals surface area contributed by atoms with E-state index in [9.17, 15) is 4.79 Å². The molecular weight excluding hydrogens is 130 g/mol. The summed E-state index contributed by atoms with van der Waals surface area (Å²) < 4.78 is 1.15. The monoisotopic (exact) mass is 139 g/mol. The minimum atomic E-state index is -0.931. The maximum absolute atomic E-state index is 10.3. The van der Waals surface area contributed by atoms with Crippen LogP contribution in [0.15, 0.2) is 18.5 Å². The van der Waals surface area contributed by atoms with Gasteiger partial charge in [-0.25, -0.2) is 4.79 Å². The Balaban J connectivity index is 2.88. The first-order chi connectivity index (χ1) is 4.74. The zero-order chi connectivity index (χ0) is 7.56. The summed E-state index contributed by atoms with van der Waals surface area (Å²) in [4.78, 5) is 10.3. The number of nitrogens with zero attached hydrogens (tertiary/aromatic N) is 1. The molecule has 0 fully saturated rings. The Bertz CT molecular complexity index is 240. The van der Waals surface area contributed by atoms with Crippen molar-refractivity contribution in [2.24, 2.45) is 0 Å². The van der Waals surface area contributed by atoms with Crippen molar-refractivity contribution in [3.8, 4) is 0 Å². The highest BCUT2D eigenvalue weighted by Gasteiger charge is 1.99. The van der Waals surface area contributed by atoms with Gasteiger partial charge in [-0.15, -0.1) is 0 Å². The third-order valence-electron chi connectivity index (χ3n) is 1.38.